The Morgan fingerprint density at radius 2 is 0.837 bits per heavy atom. The van der Waals surface area contributed by atoms with Crippen LogP contribution in [0, 0.1) is 16.7 Å². The molecule has 244 valence electrons. The van der Waals surface area contributed by atoms with Crippen LogP contribution >= 0.6 is 0 Å². The topological polar surface area (TPSA) is 9.86 Å². The van der Waals surface area contributed by atoms with E-state index in [1.807, 2.05) is 0 Å². The summed E-state index contributed by atoms with van der Waals surface area (Å²) in [6.45, 7) is 14.3. The average Bonchev–Trinajstić information content (AvgIpc) is 3.60. The zero-order chi connectivity index (χ0) is 33.9. The molecule has 8 aromatic rings. The smallest absolute Gasteiger partial charge is 0.0541 e. The van der Waals surface area contributed by atoms with Crippen LogP contribution in [-0.2, 0) is 6.42 Å². The second kappa shape index (κ2) is 11.8. The highest BCUT2D eigenvalue weighted by Crippen LogP contribution is 2.40. The van der Waals surface area contributed by atoms with Gasteiger partial charge in [0.15, 0.2) is 0 Å². The van der Waals surface area contributed by atoms with Crippen LogP contribution in [0.2, 0.25) is 0 Å². The predicted molar refractivity (Wildman–Crippen MR) is 211 cm³/mol. The van der Waals surface area contributed by atoms with Crippen LogP contribution in [0.4, 0.5) is 0 Å². The van der Waals surface area contributed by atoms with E-state index in [9.17, 15) is 0 Å². The van der Waals surface area contributed by atoms with E-state index < -0.39 is 0 Å². The van der Waals surface area contributed by atoms with E-state index in [4.69, 9.17) is 0 Å². The van der Waals surface area contributed by atoms with E-state index in [2.05, 4.69) is 190 Å². The average molecular weight is 639 g/mol. The Hall–Kier alpha value is -5.08. The number of fused-ring (bicyclic) bond motifs is 6. The molecule has 2 heterocycles. The van der Waals surface area contributed by atoms with Crippen molar-refractivity contribution in [1.29, 1.82) is 0 Å². The molecule has 2 nitrogen and oxygen atoms in total. The maximum atomic E-state index is 2.44. The maximum Gasteiger partial charge on any atom is 0.0541 e. The van der Waals surface area contributed by atoms with Crippen molar-refractivity contribution in [3.63, 3.8) is 0 Å². The van der Waals surface area contributed by atoms with Crippen LogP contribution in [0.1, 0.15) is 53.5 Å². The normalized spacial score (nSPS) is 13.2. The molecule has 0 radical (unpaired) electrons. The summed E-state index contributed by atoms with van der Waals surface area (Å²) in [6.07, 6.45) is 2.30. The zero-order valence-corrected chi connectivity index (χ0v) is 29.7. The van der Waals surface area contributed by atoms with Crippen molar-refractivity contribution in [2.75, 3.05) is 0 Å². The van der Waals surface area contributed by atoms with E-state index in [-0.39, 0.29) is 5.41 Å². The van der Waals surface area contributed by atoms with E-state index in [0.717, 1.165) is 17.8 Å². The SMILES string of the molecule is CC(C)(C)CC(Cc1ccc(-c2cc(-n3c4ccccc4c4ccccc43)cc(-n3c4ccccc4c4ccccc43)c2)cc1)C(C)(C)C. The van der Waals surface area contributed by atoms with Gasteiger partial charge in [0.1, 0.15) is 0 Å². The number of nitrogens with zero attached hydrogens (tertiary/aromatic N) is 2. The van der Waals surface area contributed by atoms with Gasteiger partial charge >= 0.3 is 0 Å². The van der Waals surface area contributed by atoms with Crippen molar-refractivity contribution in [2.24, 2.45) is 16.7 Å². The van der Waals surface area contributed by atoms with Crippen LogP contribution in [0.5, 0.6) is 0 Å². The van der Waals surface area contributed by atoms with Gasteiger partial charge in [-0.1, -0.05) is 139 Å². The Morgan fingerprint density at radius 3 is 1.20 bits per heavy atom. The number of hydrogen-bond acceptors (Lipinski definition) is 0. The molecule has 2 heteroatoms. The largest absolute Gasteiger partial charge is 0.309 e. The third kappa shape index (κ3) is 5.74. The first-order valence-corrected chi connectivity index (χ1v) is 17.8. The molecule has 2 aromatic heterocycles. The van der Waals surface area contributed by atoms with Crippen molar-refractivity contribution < 1.29 is 0 Å². The lowest BCUT2D eigenvalue weighted by molar-refractivity contribution is 0.164. The predicted octanol–water partition coefficient (Wildman–Crippen LogP) is 13.2. The first kappa shape index (κ1) is 31.2. The molecule has 0 aliphatic carbocycles. The molecule has 0 spiro atoms. The highest BCUT2D eigenvalue weighted by molar-refractivity contribution is 6.10. The Bertz CT molecular complexity index is 2220. The van der Waals surface area contributed by atoms with Crippen molar-refractivity contribution in [2.45, 2.75) is 54.4 Å². The molecular formula is C47H46N2. The molecule has 1 unspecified atom stereocenters. The molecule has 0 fully saturated rings. The minimum atomic E-state index is 0.250. The van der Waals surface area contributed by atoms with Gasteiger partial charge in [0.25, 0.3) is 0 Å². The molecule has 0 aliphatic rings. The minimum absolute atomic E-state index is 0.250. The van der Waals surface area contributed by atoms with Gasteiger partial charge in [-0.2, -0.15) is 0 Å². The highest BCUT2D eigenvalue weighted by atomic mass is 15.0. The molecule has 6 aromatic carbocycles. The molecule has 8 rings (SSSR count). The first-order valence-electron chi connectivity index (χ1n) is 17.8. The van der Waals surface area contributed by atoms with Crippen molar-refractivity contribution >= 4 is 43.6 Å². The summed E-state index contributed by atoms with van der Waals surface area (Å²) in [7, 11) is 0. The summed E-state index contributed by atoms with van der Waals surface area (Å²) in [5, 5.41) is 5.09. The van der Waals surface area contributed by atoms with Gasteiger partial charge in [0.2, 0.25) is 0 Å². The minimum Gasteiger partial charge on any atom is -0.309 e. The summed E-state index contributed by atoms with van der Waals surface area (Å²) >= 11 is 0. The van der Waals surface area contributed by atoms with Gasteiger partial charge in [-0.05, 0) is 88.7 Å². The van der Waals surface area contributed by atoms with E-state index in [0.29, 0.717) is 11.3 Å². The van der Waals surface area contributed by atoms with Gasteiger partial charge in [0.05, 0.1) is 22.1 Å². The Balaban J connectivity index is 1.33. The second-order valence-corrected chi connectivity index (χ2v) is 16.2. The summed E-state index contributed by atoms with van der Waals surface area (Å²) in [6, 6.07) is 51.7. The summed E-state index contributed by atoms with van der Waals surface area (Å²) < 4.78 is 4.89. The zero-order valence-electron chi connectivity index (χ0n) is 29.7. The number of hydrogen-bond donors (Lipinski definition) is 0. The van der Waals surface area contributed by atoms with Crippen LogP contribution in [0.15, 0.2) is 140 Å². The molecule has 0 N–H and O–H groups in total. The second-order valence-electron chi connectivity index (χ2n) is 16.2. The van der Waals surface area contributed by atoms with Gasteiger partial charge in [-0.3, -0.25) is 0 Å². The van der Waals surface area contributed by atoms with Crippen molar-refractivity contribution in [1.82, 2.24) is 9.13 Å². The van der Waals surface area contributed by atoms with Gasteiger partial charge in [-0.15, -0.1) is 0 Å². The van der Waals surface area contributed by atoms with Gasteiger partial charge < -0.3 is 9.13 Å². The molecule has 0 bridgehead atoms. The first-order chi connectivity index (χ1) is 23.5. The lowest BCUT2D eigenvalue weighted by Crippen LogP contribution is -2.27. The molecule has 0 aliphatic heterocycles. The lowest BCUT2D eigenvalue weighted by Gasteiger charge is -2.36. The van der Waals surface area contributed by atoms with Gasteiger partial charge in [0, 0.05) is 32.9 Å². The van der Waals surface area contributed by atoms with Gasteiger partial charge in [-0.25, -0.2) is 0 Å². The molecule has 49 heavy (non-hydrogen) atoms. The third-order valence-corrected chi connectivity index (χ3v) is 10.4. The quantitative estimate of drug-likeness (QED) is 0.171. The molecule has 0 saturated heterocycles. The standard InChI is InChI=1S/C47H46N2/c1-46(2,3)31-35(47(4,5)6)27-32-23-25-33(26-24-32)34-28-36(48-42-19-11-7-15-38(42)39-16-8-12-20-43(39)48)30-37(29-34)49-44-21-13-9-17-40(44)41-18-10-14-22-45(41)49/h7-26,28-30,35H,27,31H2,1-6H3. The van der Waals surface area contributed by atoms with E-state index in [1.165, 1.54) is 66.7 Å². The van der Waals surface area contributed by atoms with E-state index in [1.54, 1.807) is 0 Å². The Kier molecular flexibility index (Phi) is 7.52. The highest BCUT2D eigenvalue weighted by Gasteiger charge is 2.29. The number of aromatic nitrogens is 2. The molecule has 1 atom stereocenters. The number of para-hydroxylation sites is 4. The number of benzene rings is 6. The van der Waals surface area contributed by atoms with Crippen LogP contribution in [0.25, 0.3) is 66.1 Å². The monoisotopic (exact) mass is 638 g/mol. The lowest BCUT2D eigenvalue weighted by atomic mass is 9.70. The summed E-state index contributed by atoms with van der Waals surface area (Å²) in [5.74, 6) is 0.610. The fourth-order valence-corrected chi connectivity index (χ4v) is 7.96. The Labute approximate surface area is 290 Å². The van der Waals surface area contributed by atoms with Crippen molar-refractivity contribution in [3.8, 4) is 22.5 Å². The fourth-order valence-electron chi connectivity index (χ4n) is 7.96. The Morgan fingerprint density at radius 1 is 0.449 bits per heavy atom. The molecule has 0 saturated carbocycles. The summed E-state index contributed by atoms with van der Waals surface area (Å²) in [5.41, 5.74) is 11.6. The van der Waals surface area contributed by atoms with Crippen molar-refractivity contribution in [3.05, 3.63) is 145 Å². The molecule has 0 amide bonds. The maximum absolute atomic E-state index is 2.44. The van der Waals surface area contributed by atoms with Crippen LogP contribution in [0.3, 0.4) is 0 Å². The van der Waals surface area contributed by atoms with Crippen LogP contribution in [-0.4, -0.2) is 9.13 Å². The fraction of sp³-hybridized carbons (Fsp3) is 0.234. The number of rotatable bonds is 6. The molecular weight excluding hydrogens is 593 g/mol. The summed E-state index contributed by atoms with van der Waals surface area (Å²) in [4.78, 5) is 0. The van der Waals surface area contributed by atoms with Crippen LogP contribution < -0.4 is 0 Å². The van der Waals surface area contributed by atoms with E-state index >= 15 is 0 Å². The third-order valence-electron chi connectivity index (χ3n) is 10.4.